The summed E-state index contributed by atoms with van der Waals surface area (Å²) < 4.78 is 15.3. The summed E-state index contributed by atoms with van der Waals surface area (Å²) in [6, 6.07) is 48.7. The van der Waals surface area contributed by atoms with Gasteiger partial charge in [0.05, 0.1) is 22.2 Å². The second kappa shape index (κ2) is 9.00. The minimum atomic E-state index is 0.637. The van der Waals surface area contributed by atoms with Crippen molar-refractivity contribution in [1.29, 1.82) is 0 Å². The molecule has 0 fully saturated rings. The van der Waals surface area contributed by atoms with Crippen molar-refractivity contribution in [1.82, 2.24) is 14.5 Å². The first-order valence-corrected chi connectivity index (χ1v) is 16.5. The van der Waals surface area contributed by atoms with Crippen LogP contribution in [0.4, 0.5) is 0 Å². The zero-order valence-corrected chi connectivity index (χ0v) is 25.9. The Morgan fingerprint density at radius 2 is 1.06 bits per heavy atom. The zero-order valence-electron chi connectivity index (χ0n) is 25.9. The molecule has 0 aliphatic carbocycles. The van der Waals surface area contributed by atoms with E-state index in [9.17, 15) is 0 Å². The van der Waals surface area contributed by atoms with Gasteiger partial charge in [0, 0.05) is 43.3 Å². The molecule has 0 radical (unpaired) electrons. The number of aromatic nitrogens is 3. The molecule has 0 spiro atoms. The average molecular weight is 626 g/mol. The highest BCUT2D eigenvalue weighted by Crippen LogP contribution is 2.48. The molecule has 5 nitrogen and oxygen atoms in total. The highest BCUT2D eigenvalue weighted by Gasteiger charge is 2.25. The maximum atomic E-state index is 6.61. The molecule has 12 rings (SSSR count). The first-order chi connectivity index (χ1) is 24.3. The first-order valence-electron chi connectivity index (χ1n) is 16.5. The van der Waals surface area contributed by atoms with Gasteiger partial charge in [0.1, 0.15) is 22.3 Å². The molecule has 0 saturated heterocycles. The van der Waals surface area contributed by atoms with E-state index in [-0.39, 0.29) is 0 Å². The van der Waals surface area contributed by atoms with Crippen LogP contribution in [0.5, 0.6) is 0 Å². The molecule has 8 aromatic carbocycles. The van der Waals surface area contributed by atoms with Crippen molar-refractivity contribution < 1.29 is 8.83 Å². The topological polar surface area (TPSA) is 57.0 Å². The van der Waals surface area contributed by atoms with Gasteiger partial charge in [-0.15, -0.1) is 0 Å². The lowest BCUT2D eigenvalue weighted by molar-refractivity contribution is 0.669. The summed E-state index contributed by atoms with van der Waals surface area (Å²) in [7, 11) is 0. The van der Waals surface area contributed by atoms with Crippen LogP contribution in [-0.4, -0.2) is 14.5 Å². The third-order valence-electron chi connectivity index (χ3n) is 10.4. The molecule has 0 bridgehead atoms. The van der Waals surface area contributed by atoms with E-state index in [4.69, 9.17) is 18.8 Å². The molecule has 226 valence electrons. The summed E-state index contributed by atoms with van der Waals surface area (Å²) in [6.45, 7) is 0. The van der Waals surface area contributed by atoms with Crippen LogP contribution in [0.2, 0.25) is 0 Å². The van der Waals surface area contributed by atoms with Gasteiger partial charge in [-0.3, -0.25) is 4.57 Å². The maximum Gasteiger partial charge on any atom is 0.235 e. The zero-order chi connectivity index (χ0) is 31.8. The quantitative estimate of drug-likeness (QED) is 0.192. The van der Waals surface area contributed by atoms with Crippen LogP contribution in [-0.2, 0) is 0 Å². The highest BCUT2D eigenvalue weighted by atomic mass is 16.3. The largest absolute Gasteiger partial charge is 0.456 e. The Labute approximate surface area is 277 Å². The molecule has 5 heteroatoms. The Kier molecular flexibility index (Phi) is 4.66. The lowest BCUT2D eigenvalue weighted by Crippen LogP contribution is -2.03. The van der Waals surface area contributed by atoms with Gasteiger partial charge in [0.15, 0.2) is 0 Å². The van der Waals surface area contributed by atoms with Gasteiger partial charge >= 0.3 is 0 Å². The minimum absolute atomic E-state index is 0.637. The average Bonchev–Trinajstić information content (AvgIpc) is 3.82. The molecule has 0 atom stereocenters. The van der Waals surface area contributed by atoms with E-state index in [1.165, 1.54) is 0 Å². The molecule has 0 aliphatic rings. The third kappa shape index (κ3) is 3.24. The van der Waals surface area contributed by atoms with Gasteiger partial charge in [-0.1, -0.05) is 91.0 Å². The molecule has 0 unspecified atom stereocenters. The first kappa shape index (κ1) is 25.4. The van der Waals surface area contributed by atoms with Crippen LogP contribution >= 0.6 is 0 Å². The van der Waals surface area contributed by atoms with Crippen molar-refractivity contribution in [3.63, 3.8) is 0 Å². The van der Waals surface area contributed by atoms with Gasteiger partial charge in [0.25, 0.3) is 0 Å². The molecular weight excluding hydrogens is 603 g/mol. The van der Waals surface area contributed by atoms with E-state index in [0.717, 1.165) is 109 Å². The number of para-hydroxylation sites is 2. The van der Waals surface area contributed by atoms with E-state index in [1.54, 1.807) is 0 Å². The fraction of sp³-hybridized carbons (Fsp3) is 0. The Morgan fingerprint density at radius 3 is 1.98 bits per heavy atom. The number of hydrogen-bond donors (Lipinski definition) is 0. The minimum Gasteiger partial charge on any atom is -0.456 e. The fourth-order valence-corrected chi connectivity index (χ4v) is 8.32. The number of benzene rings is 7. The molecule has 0 saturated carbocycles. The van der Waals surface area contributed by atoms with Crippen molar-refractivity contribution in [3.8, 4) is 17.2 Å². The van der Waals surface area contributed by atoms with Gasteiger partial charge in [-0.25, -0.2) is 9.97 Å². The molecular formula is C44H23N3O2. The van der Waals surface area contributed by atoms with E-state index in [1.807, 2.05) is 24.3 Å². The highest BCUT2D eigenvalue weighted by molar-refractivity contribution is 6.38. The van der Waals surface area contributed by atoms with Crippen LogP contribution in [0.1, 0.15) is 0 Å². The maximum absolute atomic E-state index is 6.61. The van der Waals surface area contributed by atoms with Crippen LogP contribution in [0, 0.1) is 0 Å². The Balaban J connectivity index is 1.33. The van der Waals surface area contributed by atoms with Crippen LogP contribution in [0.3, 0.4) is 0 Å². The van der Waals surface area contributed by atoms with E-state index >= 15 is 0 Å². The summed E-state index contributed by atoms with van der Waals surface area (Å²) in [5.74, 6) is 0.637. The van der Waals surface area contributed by atoms with Gasteiger partial charge < -0.3 is 8.83 Å². The van der Waals surface area contributed by atoms with Gasteiger partial charge in [-0.05, 0) is 70.1 Å². The SMILES string of the molecule is c1ccc(-c2nc(-n3c4cccc5c6cc7c(cc6c6cccc8oc9ccc3c(c9c86)c54)oc3ccccc37)nc3ccccc23)cc1. The summed E-state index contributed by atoms with van der Waals surface area (Å²) >= 11 is 0. The van der Waals surface area contributed by atoms with Crippen LogP contribution in [0.25, 0.3) is 115 Å². The van der Waals surface area contributed by atoms with Crippen molar-refractivity contribution in [2.75, 3.05) is 0 Å². The van der Waals surface area contributed by atoms with Crippen molar-refractivity contribution in [3.05, 3.63) is 140 Å². The summed E-state index contributed by atoms with van der Waals surface area (Å²) in [5.41, 5.74) is 8.44. The Bertz CT molecular complexity index is 3330. The fourth-order valence-electron chi connectivity index (χ4n) is 8.32. The monoisotopic (exact) mass is 625 g/mol. The molecule has 12 aromatic rings. The predicted molar refractivity (Wildman–Crippen MR) is 200 cm³/mol. The second-order valence-corrected chi connectivity index (χ2v) is 12.9. The van der Waals surface area contributed by atoms with Gasteiger partial charge in [0.2, 0.25) is 5.95 Å². The van der Waals surface area contributed by atoms with E-state index in [0.29, 0.717) is 5.95 Å². The molecule has 4 heterocycles. The molecule has 0 N–H and O–H groups in total. The molecule has 49 heavy (non-hydrogen) atoms. The second-order valence-electron chi connectivity index (χ2n) is 12.9. The summed E-state index contributed by atoms with van der Waals surface area (Å²) in [5, 5.41) is 12.3. The van der Waals surface area contributed by atoms with E-state index in [2.05, 4.69) is 120 Å². The Morgan fingerprint density at radius 1 is 0.388 bits per heavy atom. The molecule has 4 aromatic heterocycles. The number of hydrogen-bond acceptors (Lipinski definition) is 4. The van der Waals surface area contributed by atoms with Crippen molar-refractivity contribution in [2.45, 2.75) is 0 Å². The third-order valence-corrected chi connectivity index (χ3v) is 10.4. The molecule has 0 aliphatic heterocycles. The lowest BCUT2D eigenvalue weighted by Gasteiger charge is -2.11. The van der Waals surface area contributed by atoms with Crippen LogP contribution in [0.15, 0.2) is 148 Å². The number of rotatable bonds is 2. The lowest BCUT2D eigenvalue weighted by atomic mass is 9.93. The molecule has 0 amide bonds. The van der Waals surface area contributed by atoms with Crippen molar-refractivity contribution >= 4 is 98.1 Å². The number of fused-ring (bicyclic) bond motifs is 7. The number of nitrogens with zero attached hydrogens (tertiary/aromatic N) is 3. The number of furan rings is 2. The van der Waals surface area contributed by atoms with Crippen molar-refractivity contribution in [2.24, 2.45) is 0 Å². The standard InChI is InChI=1S/C44H23N3O2/c1-2-10-24(11-3-1)43-28-13-4-6-16-32(28)45-44(46-43)47-33-17-8-14-26-29-22-31-25-12-5-7-18-35(25)48-38(31)23-30(29)27-15-9-19-36-40(27)42-37(49-36)21-20-34(47)41(42)39(26)33/h1-23H. The van der Waals surface area contributed by atoms with E-state index < -0.39 is 0 Å². The summed E-state index contributed by atoms with van der Waals surface area (Å²) in [6.07, 6.45) is 0. The normalized spacial score (nSPS) is 12.5. The predicted octanol–water partition coefficient (Wildman–Crippen LogP) is 11.9. The smallest absolute Gasteiger partial charge is 0.235 e. The summed E-state index contributed by atoms with van der Waals surface area (Å²) in [4.78, 5) is 10.6. The Hall–Kier alpha value is -6.72. The van der Waals surface area contributed by atoms with Crippen LogP contribution < -0.4 is 0 Å². The van der Waals surface area contributed by atoms with Gasteiger partial charge in [-0.2, -0.15) is 0 Å².